The summed E-state index contributed by atoms with van der Waals surface area (Å²) in [7, 11) is 0. The highest BCUT2D eigenvalue weighted by atomic mass is 14.5. The summed E-state index contributed by atoms with van der Waals surface area (Å²) in [4.78, 5) is 0. The number of rotatable bonds is 13. The van der Waals surface area contributed by atoms with Crippen LogP contribution in [0.25, 0.3) is 0 Å². The van der Waals surface area contributed by atoms with E-state index in [0.717, 1.165) is 30.1 Å². The average Bonchev–Trinajstić information content (AvgIpc) is 3.02. The fourth-order valence-electron chi connectivity index (χ4n) is 7.84. The van der Waals surface area contributed by atoms with E-state index in [0.29, 0.717) is 0 Å². The highest BCUT2D eigenvalue weighted by Crippen LogP contribution is 2.49. The average molecular weight is 587 g/mol. The molecule has 1 saturated carbocycles. The molecule has 0 heterocycles. The quantitative estimate of drug-likeness (QED) is 0.121. The van der Waals surface area contributed by atoms with Crippen molar-refractivity contribution in [2.75, 3.05) is 11.5 Å². The largest absolute Gasteiger partial charge is 0.399 e. The molecule has 2 nitrogen and oxygen atoms in total. The number of hydrogen-bond donors (Lipinski definition) is 2. The third-order valence-corrected chi connectivity index (χ3v) is 10.3. The van der Waals surface area contributed by atoms with Crippen LogP contribution < -0.4 is 11.5 Å². The van der Waals surface area contributed by atoms with E-state index >= 15 is 0 Å². The van der Waals surface area contributed by atoms with Crippen molar-refractivity contribution in [2.45, 2.75) is 110 Å². The maximum absolute atomic E-state index is 5.94. The third-order valence-electron chi connectivity index (χ3n) is 10.3. The molecule has 44 heavy (non-hydrogen) atoms. The molecule has 0 saturated heterocycles. The molecule has 0 spiro atoms. The zero-order valence-electron chi connectivity index (χ0n) is 27.5. The van der Waals surface area contributed by atoms with Crippen LogP contribution in [0.4, 0.5) is 11.4 Å². The molecule has 2 heteroatoms. The molecular formula is C42H54N2. The summed E-state index contributed by atoms with van der Waals surface area (Å²) in [5.74, 6) is 0.865. The van der Waals surface area contributed by atoms with Crippen LogP contribution in [0.15, 0.2) is 84.9 Å². The van der Waals surface area contributed by atoms with E-state index < -0.39 is 0 Å². The Hall–Kier alpha value is -3.52. The zero-order valence-corrected chi connectivity index (χ0v) is 27.5. The summed E-state index contributed by atoms with van der Waals surface area (Å²) in [6.07, 6.45) is 16.8. The fourth-order valence-corrected chi connectivity index (χ4v) is 7.84. The lowest BCUT2D eigenvalue weighted by Gasteiger charge is -2.43. The maximum atomic E-state index is 5.94. The Morgan fingerprint density at radius 1 is 0.568 bits per heavy atom. The SMILES string of the molecule is CCCCCCCCC1CCC(c2ccc(Cc3ccc(N)cc3)cc2C)(c2ccc(Cc3ccc(N)cc3)cc2C)CC1. The summed E-state index contributed by atoms with van der Waals surface area (Å²) < 4.78 is 0. The van der Waals surface area contributed by atoms with E-state index in [9.17, 15) is 0 Å². The van der Waals surface area contributed by atoms with Crippen molar-refractivity contribution in [3.8, 4) is 0 Å². The smallest absolute Gasteiger partial charge is 0.0314 e. The van der Waals surface area contributed by atoms with Crippen LogP contribution >= 0.6 is 0 Å². The van der Waals surface area contributed by atoms with Crippen LogP contribution in [0.2, 0.25) is 0 Å². The minimum Gasteiger partial charge on any atom is -0.399 e. The Labute approximate surface area is 267 Å². The number of anilines is 2. The molecule has 5 rings (SSSR count). The molecule has 0 aliphatic heterocycles. The van der Waals surface area contributed by atoms with Crippen molar-refractivity contribution in [3.63, 3.8) is 0 Å². The zero-order chi connectivity index (χ0) is 30.9. The molecule has 0 radical (unpaired) electrons. The first-order chi connectivity index (χ1) is 21.4. The number of nitrogen functional groups attached to an aromatic ring is 2. The van der Waals surface area contributed by atoms with Crippen molar-refractivity contribution in [3.05, 3.63) is 129 Å². The number of nitrogens with two attached hydrogens (primary N) is 2. The Bertz CT molecular complexity index is 1370. The van der Waals surface area contributed by atoms with Gasteiger partial charge in [0.05, 0.1) is 0 Å². The van der Waals surface area contributed by atoms with Gasteiger partial charge in [0.1, 0.15) is 0 Å². The van der Waals surface area contributed by atoms with E-state index in [1.54, 1.807) is 0 Å². The Kier molecular flexibility index (Phi) is 10.9. The molecule has 232 valence electrons. The molecular weight excluding hydrogens is 532 g/mol. The molecule has 0 unspecified atom stereocenters. The van der Waals surface area contributed by atoms with Gasteiger partial charge in [-0.1, -0.05) is 113 Å². The highest BCUT2D eigenvalue weighted by Gasteiger charge is 2.40. The second-order valence-electron chi connectivity index (χ2n) is 13.7. The van der Waals surface area contributed by atoms with E-state index in [4.69, 9.17) is 11.5 Å². The standard InChI is InChI=1S/C42H54N2/c1-4-5-6-7-8-9-10-33-23-25-42(26-24-33,40-21-15-36(27-31(40)2)29-34-11-17-38(43)18-12-34)41-22-16-37(28-32(41)3)30-35-13-19-39(44)20-14-35/h11-22,27-28,33H,4-10,23-26,29-30,43-44H2,1-3H3. The molecule has 4 N–H and O–H groups in total. The minimum absolute atomic E-state index is 0.0747. The van der Waals surface area contributed by atoms with E-state index in [1.165, 1.54) is 115 Å². The predicted octanol–water partition coefficient (Wildman–Crippen LogP) is 10.9. The van der Waals surface area contributed by atoms with Crippen molar-refractivity contribution in [1.82, 2.24) is 0 Å². The summed E-state index contributed by atoms with van der Waals surface area (Å²) >= 11 is 0. The van der Waals surface area contributed by atoms with E-state index in [1.807, 2.05) is 24.3 Å². The number of aryl methyl sites for hydroxylation is 2. The summed E-state index contributed by atoms with van der Waals surface area (Å²) in [6, 6.07) is 31.2. The molecule has 1 fully saturated rings. The van der Waals surface area contributed by atoms with Crippen LogP contribution in [0.3, 0.4) is 0 Å². The van der Waals surface area contributed by atoms with Gasteiger partial charge >= 0.3 is 0 Å². The third kappa shape index (κ3) is 7.95. The van der Waals surface area contributed by atoms with Gasteiger partial charge in [-0.25, -0.2) is 0 Å². The lowest BCUT2D eigenvalue weighted by atomic mass is 9.60. The topological polar surface area (TPSA) is 52.0 Å². The van der Waals surface area contributed by atoms with Gasteiger partial charge in [0.2, 0.25) is 0 Å². The first-order valence-corrected chi connectivity index (χ1v) is 17.2. The minimum atomic E-state index is 0.0747. The molecule has 1 aliphatic carbocycles. The van der Waals surface area contributed by atoms with E-state index in [-0.39, 0.29) is 5.41 Å². The van der Waals surface area contributed by atoms with Crippen molar-refractivity contribution >= 4 is 11.4 Å². The molecule has 0 bridgehead atoms. The molecule has 4 aromatic rings. The summed E-state index contributed by atoms with van der Waals surface area (Å²) in [6.45, 7) is 6.99. The summed E-state index contributed by atoms with van der Waals surface area (Å²) in [5.41, 5.74) is 24.9. The molecule has 1 aliphatic rings. The molecule has 0 aromatic heterocycles. The molecule has 0 amide bonds. The van der Waals surface area contributed by atoms with Crippen LogP contribution in [0.1, 0.15) is 122 Å². The van der Waals surface area contributed by atoms with Crippen molar-refractivity contribution in [2.24, 2.45) is 5.92 Å². The normalized spacial score (nSPS) is 15.0. The monoisotopic (exact) mass is 586 g/mol. The lowest BCUT2D eigenvalue weighted by molar-refractivity contribution is 0.249. The summed E-state index contributed by atoms with van der Waals surface area (Å²) in [5, 5.41) is 0. The van der Waals surface area contributed by atoms with Gasteiger partial charge < -0.3 is 11.5 Å². The Balaban J connectivity index is 1.38. The van der Waals surface area contributed by atoms with Crippen LogP contribution in [0.5, 0.6) is 0 Å². The van der Waals surface area contributed by atoms with E-state index in [2.05, 4.69) is 81.4 Å². The molecule has 0 atom stereocenters. The number of benzene rings is 4. The van der Waals surface area contributed by atoms with Crippen LogP contribution in [-0.2, 0) is 18.3 Å². The van der Waals surface area contributed by atoms with Gasteiger partial charge in [0.25, 0.3) is 0 Å². The van der Waals surface area contributed by atoms with Gasteiger partial charge in [0, 0.05) is 16.8 Å². The van der Waals surface area contributed by atoms with Crippen LogP contribution in [-0.4, -0.2) is 0 Å². The first-order valence-electron chi connectivity index (χ1n) is 17.2. The van der Waals surface area contributed by atoms with Crippen molar-refractivity contribution < 1.29 is 0 Å². The fraction of sp³-hybridized carbons (Fsp3) is 0.429. The van der Waals surface area contributed by atoms with Gasteiger partial charge in [-0.3, -0.25) is 0 Å². The van der Waals surface area contributed by atoms with Gasteiger partial charge in [-0.05, 0) is 127 Å². The predicted molar refractivity (Wildman–Crippen MR) is 190 cm³/mol. The lowest BCUT2D eigenvalue weighted by Crippen LogP contribution is -2.34. The maximum Gasteiger partial charge on any atom is 0.0314 e. The van der Waals surface area contributed by atoms with Gasteiger partial charge in [0.15, 0.2) is 0 Å². The number of hydrogen-bond acceptors (Lipinski definition) is 2. The van der Waals surface area contributed by atoms with Gasteiger partial charge in [-0.2, -0.15) is 0 Å². The Morgan fingerprint density at radius 2 is 1.00 bits per heavy atom. The first kappa shape index (κ1) is 31.9. The van der Waals surface area contributed by atoms with Gasteiger partial charge in [-0.15, -0.1) is 0 Å². The second kappa shape index (κ2) is 15.0. The highest BCUT2D eigenvalue weighted by molar-refractivity contribution is 5.50. The second-order valence-corrected chi connectivity index (χ2v) is 13.7. The van der Waals surface area contributed by atoms with Crippen molar-refractivity contribution in [1.29, 1.82) is 0 Å². The molecule has 4 aromatic carbocycles. The Morgan fingerprint density at radius 3 is 1.45 bits per heavy atom. The number of unbranched alkanes of at least 4 members (excludes halogenated alkanes) is 5. The van der Waals surface area contributed by atoms with Crippen LogP contribution in [0, 0.1) is 19.8 Å².